The van der Waals surface area contributed by atoms with Gasteiger partial charge >= 0.3 is 0 Å². The molecule has 3 aromatic rings. The molecular formula is C15H13ClN2O2S. The Hall–Kier alpha value is -1.98. The van der Waals surface area contributed by atoms with Crippen LogP contribution in [0.3, 0.4) is 0 Å². The quantitative estimate of drug-likeness (QED) is 0.756. The maximum atomic E-state index is 6.17. The first kappa shape index (κ1) is 14.0. The van der Waals surface area contributed by atoms with E-state index in [1.807, 2.05) is 42.6 Å². The molecule has 6 heteroatoms. The van der Waals surface area contributed by atoms with Gasteiger partial charge in [-0.25, -0.2) is 0 Å². The number of halogens is 1. The molecule has 2 N–H and O–H groups in total. The first-order chi connectivity index (χ1) is 10.2. The fraction of sp³-hybridized carbons (Fsp3) is 0.133. The van der Waals surface area contributed by atoms with Crippen molar-refractivity contribution in [1.82, 2.24) is 5.16 Å². The Labute approximate surface area is 131 Å². The molecule has 0 spiro atoms. The highest BCUT2D eigenvalue weighted by molar-refractivity contribution is 7.14. The number of nitrogens with two attached hydrogens (primary N) is 1. The Morgan fingerprint density at radius 3 is 2.67 bits per heavy atom. The third-order valence-electron chi connectivity index (χ3n) is 3.00. The molecule has 3 rings (SSSR count). The van der Waals surface area contributed by atoms with E-state index in [1.54, 1.807) is 0 Å². The van der Waals surface area contributed by atoms with E-state index in [4.69, 9.17) is 26.6 Å². The first-order valence-corrected chi connectivity index (χ1v) is 7.68. The monoisotopic (exact) mass is 320 g/mol. The molecule has 2 aromatic heterocycles. The molecule has 0 unspecified atom stereocenters. The summed E-state index contributed by atoms with van der Waals surface area (Å²) in [5.41, 5.74) is 7.62. The number of hydrogen-bond donors (Lipinski definition) is 1. The molecule has 0 atom stereocenters. The number of nitrogens with zero attached hydrogens (tertiary/aromatic N) is 1. The van der Waals surface area contributed by atoms with Crippen LogP contribution in [0, 0.1) is 0 Å². The van der Waals surface area contributed by atoms with E-state index in [9.17, 15) is 0 Å². The fourth-order valence-corrected chi connectivity index (χ4v) is 3.20. The van der Waals surface area contributed by atoms with Crippen molar-refractivity contribution in [2.24, 2.45) is 0 Å². The van der Waals surface area contributed by atoms with Crippen molar-refractivity contribution in [3.05, 3.63) is 40.7 Å². The fourth-order valence-electron chi connectivity index (χ4n) is 2.08. The van der Waals surface area contributed by atoms with Gasteiger partial charge in [0.15, 0.2) is 11.6 Å². The highest BCUT2D eigenvalue weighted by atomic mass is 35.5. The van der Waals surface area contributed by atoms with Gasteiger partial charge in [-0.3, -0.25) is 0 Å². The van der Waals surface area contributed by atoms with Crippen LogP contribution in [0.2, 0.25) is 5.02 Å². The number of nitrogen functional groups attached to an aromatic ring is 1. The summed E-state index contributed by atoms with van der Waals surface area (Å²) < 4.78 is 10.8. The second-order valence-corrected chi connectivity index (χ2v) is 5.65. The molecule has 0 aliphatic carbocycles. The summed E-state index contributed by atoms with van der Waals surface area (Å²) in [6.07, 6.45) is 0. The molecule has 0 amide bonds. The van der Waals surface area contributed by atoms with Crippen LogP contribution in [-0.4, -0.2) is 11.8 Å². The molecule has 0 radical (unpaired) electrons. The van der Waals surface area contributed by atoms with Crippen LogP contribution in [0.4, 0.5) is 5.82 Å². The summed E-state index contributed by atoms with van der Waals surface area (Å²) in [5, 5.41) is 6.40. The zero-order valence-corrected chi connectivity index (χ0v) is 12.9. The summed E-state index contributed by atoms with van der Waals surface area (Å²) in [4.78, 5) is 0.824. The molecule has 108 valence electrons. The number of benzene rings is 1. The second-order valence-electron chi connectivity index (χ2n) is 4.33. The van der Waals surface area contributed by atoms with E-state index < -0.39 is 0 Å². The number of thiophene rings is 1. The Morgan fingerprint density at radius 1 is 1.29 bits per heavy atom. The zero-order valence-electron chi connectivity index (χ0n) is 11.3. The van der Waals surface area contributed by atoms with Crippen LogP contribution < -0.4 is 10.5 Å². The minimum atomic E-state index is 0.346. The van der Waals surface area contributed by atoms with Crippen molar-refractivity contribution in [1.29, 1.82) is 0 Å². The lowest BCUT2D eigenvalue weighted by molar-refractivity contribution is 0.340. The van der Waals surface area contributed by atoms with Crippen LogP contribution in [0.1, 0.15) is 6.92 Å². The Morgan fingerprint density at radius 2 is 2.05 bits per heavy atom. The molecule has 0 saturated carbocycles. The van der Waals surface area contributed by atoms with Crippen molar-refractivity contribution in [2.75, 3.05) is 12.3 Å². The topological polar surface area (TPSA) is 61.3 Å². The van der Waals surface area contributed by atoms with Gasteiger partial charge in [0.25, 0.3) is 0 Å². The normalized spacial score (nSPS) is 10.8. The van der Waals surface area contributed by atoms with Crippen molar-refractivity contribution in [3.63, 3.8) is 0 Å². The van der Waals surface area contributed by atoms with Crippen LogP contribution in [0.5, 0.6) is 5.75 Å². The standard InChI is InChI=1S/C15H13ClN2O2S/c1-2-19-10-5-3-9(4-6-10)12-13(20-18-15(12)17)14-11(16)7-8-21-14/h3-8H,2H2,1H3,(H2,17,18). The average molecular weight is 321 g/mol. The van der Waals surface area contributed by atoms with Gasteiger partial charge in [-0.15, -0.1) is 11.3 Å². The van der Waals surface area contributed by atoms with E-state index in [2.05, 4.69) is 5.16 Å². The highest BCUT2D eigenvalue weighted by Gasteiger charge is 2.20. The zero-order chi connectivity index (χ0) is 14.8. The number of rotatable bonds is 4. The summed E-state index contributed by atoms with van der Waals surface area (Å²) in [5.74, 6) is 1.75. The second kappa shape index (κ2) is 5.79. The van der Waals surface area contributed by atoms with Gasteiger partial charge in [-0.05, 0) is 36.1 Å². The Bertz CT molecular complexity index is 749. The van der Waals surface area contributed by atoms with Crippen LogP contribution in [0.25, 0.3) is 21.8 Å². The minimum absolute atomic E-state index is 0.346. The molecule has 0 saturated heterocycles. The lowest BCUT2D eigenvalue weighted by atomic mass is 10.0. The Balaban J connectivity index is 2.06. The predicted octanol–water partition coefficient (Wildman–Crippen LogP) is 4.70. The van der Waals surface area contributed by atoms with Gasteiger partial charge in [0.1, 0.15) is 5.75 Å². The maximum absolute atomic E-state index is 6.17. The molecule has 1 aromatic carbocycles. The van der Waals surface area contributed by atoms with E-state index in [1.165, 1.54) is 11.3 Å². The van der Waals surface area contributed by atoms with Gasteiger partial charge in [0.2, 0.25) is 0 Å². The van der Waals surface area contributed by atoms with Crippen molar-refractivity contribution in [2.45, 2.75) is 6.92 Å². The van der Waals surface area contributed by atoms with Gasteiger partial charge in [0.05, 0.1) is 22.1 Å². The summed E-state index contributed by atoms with van der Waals surface area (Å²) >= 11 is 7.66. The molecular weight excluding hydrogens is 308 g/mol. The van der Waals surface area contributed by atoms with Crippen molar-refractivity contribution in [3.8, 4) is 27.5 Å². The number of hydrogen-bond acceptors (Lipinski definition) is 5. The molecule has 2 heterocycles. The SMILES string of the molecule is CCOc1ccc(-c2c(N)noc2-c2sccc2Cl)cc1. The van der Waals surface area contributed by atoms with Crippen molar-refractivity contribution >= 4 is 28.8 Å². The molecule has 21 heavy (non-hydrogen) atoms. The number of anilines is 1. The molecule has 0 aliphatic heterocycles. The highest BCUT2D eigenvalue weighted by Crippen LogP contribution is 2.42. The maximum Gasteiger partial charge on any atom is 0.188 e. The van der Waals surface area contributed by atoms with Gasteiger partial charge in [-0.2, -0.15) is 0 Å². The largest absolute Gasteiger partial charge is 0.494 e. The third-order valence-corrected chi connectivity index (χ3v) is 4.34. The van der Waals surface area contributed by atoms with E-state index in [0.717, 1.165) is 21.8 Å². The summed E-state index contributed by atoms with van der Waals surface area (Å²) in [6, 6.07) is 9.47. The van der Waals surface area contributed by atoms with E-state index >= 15 is 0 Å². The number of aromatic nitrogens is 1. The first-order valence-electron chi connectivity index (χ1n) is 6.42. The molecule has 4 nitrogen and oxygen atoms in total. The van der Waals surface area contributed by atoms with Gasteiger partial charge in [-0.1, -0.05) is 28.9 Å². The predicted molar refractivity (Wildman–Crippen MR) is 85.8 cm³/mol. The van der Waals surface area contributed by atoms with E-state index in [0.29, 0.717) is 23.2 Å². The summed E-state index contributed by atoms with van der Waals surface area (Å²) in [7, 11) is 0. The van der Waals surface area contributed by atoms with Crippen molar-refractivity contribution < 1.29 is 9.26 Å². The number of ether oxygens (including phenoxy) is 1. The Kier molecular flexibility index (Phi) is 3.86. The van der Waals surface area contributed by atoms with Gasteiger partial charge < -0.3 is 15.0 Å². The third kappa shape index (κ3) is 2.62. The smallest absolute Gasteiger partial charge is 0.188 e. The summed E-state index contributed by atoms with van der Waals surface area (Å²) in [6.45, 7) is 2.58. The van der Waals surface area contributed by atoms with Gasteiger partial charge in [0, 0.05) is 0 Å². The van der Waals surface area contributed by atoms with E-state index in [-0.39, 0.29) is 0 Å². The average Bonchev–Trinajstić information content (AvgIpc) is 3.06. The lowest BCUT2D eigenvalue weighted by Crippen LogP contribution is -1.92. The molecule has 0 bridgehead atoms. The molecule has 0 aliphatic rings. The van der Waals surface area contributed by atoms with Crippen LogP contribution >= 0.6 is 22.9 Å². The lowest BCUT2D eigenvalue weighted by Gasteiger charge is -2.05. The van der Waals surface area contributed by atoms with Crippen LogP contribution in [0.15, 0.2) is 40.2 Å². The van der Waals surface area contributed by atoms with Crippen LogP contribution in [-0.2, 0) is 0 Å². The minimum Gasteiger partial charge on any atom is -0.494 e. The molecule has 0 fully saturated rings.